The minimum atomic E-state index is -0.332. The van der Waals surface area contributed by atoms with Crippen LogP contribution in [-0.2, 0) is 4.79 Å². The number of rotatable bonds is 7. The lowest BCUT2D eigenvalue weighted by atomic mass is 10.3. The molecule has 0 aliphatic heterocycles. The van der Waals surface area contributed by atoms with Gasteiger partial charge in [-0.05, 0) is 43.3 Å². The molecule has 0 bridgehead atoms. The molecule has 0 heterocycles. The summed E-state index contributed by atoms with van der Waals surface area (Å²) in [4.78, 5) is 13.4. The highest BCUT2D eigenvalue weighted by Crippen LogP contribution is 2.34. The smallest absolute Gasteiger partial charge is 0.237 e. The molecule has 0 aliphatic carbocycles. The molecule has 0 spiro atoms. The highest BCUT2D eigenvalue weighted by Gasteiger charge is 2.17. The maximum atomic E-state index is 12.5. The van der Waals surface area contributed by atoms with Crippen LogP contribution in [0, 0.1) is 0 Å². The molecule has 1 atom stereocenters. The van der Waals surface area contributed by atoms with Crippen molar-refractivity contribution >= 4 is 35.0 Å². The van der Waals surface area contributed by atoms with Gasteiger partial charge >= 0.3 is 0 Å². The zero-order valence-electron chi connectivity index (χ0n) is 14.5. The molecule has 1 N–H and O–H groups in total. The van der Waals surface area contributed by atoms with Gasteiger partial charge in [0.2, 0.25) is 5.91 Å². The molecule has 0 saturated carbocycles. The summed E-state index contributed by atoms with van der Waals surface area (Å²) in [6, 6.07) is 10.6. The number of benzene rings is 2. The molecule has 2 aromatic carbocycles. The van der Waals surface area contributed by atoms with E-state index >= 15 is 0 Å². The molecule has 0 fully saturated rings. The monoisotopic (exact) mass is 381 g/mol. The van der Waals surface area contributed by atoms with Crippen LogP contribution in [0.3, 0.4) is 0 Å². The van der Waals surface area contributed by atoms with Gasteiger partial charge < -0.3 is 19.5 Å². The molecule has 0 aromatic heterocycles. The third-order valence-electron chi connectivity index (χ3n) is 3.46. The first-order valence-electron chi connectivity index (χ1n) is 7.51. The van der Waals surface area contributed by atoms with Crippen LogP contribution in [0.5, 0.6) is 17.2 Å². The SMILES string of the molecule is COc1ccc(Cl)cc1NC(=O)[C@@H](C)Sc1ccc(OC)c(OC)c1. The molecule has 7 heteroatoms. The second-order valence-electron chi connectivity index (χ2n) is 5.11. The van der Waals surface area contributed by atoms with Crippen molar-refractivity contribution in [1.82, 2.24) is 0 Å². The van der Waals surface area contributed by atoms with E-state index in [-0.39, 0.29) is 11.2 Å². The van der Waals surface area contributed by atoms with Gasteiger partial charge in [-0.3, -0.25) is 4.79 Å². The topological polar surface area (TPSA) is 56.8 Å². The van der Waals surface area contributed by atoms with Crippen LogP contribution in [0.4, 0.5) is 5.69 Å². The van der Waals surface area contributed by atoms with Crippen LogP contribution >= 0.6 is 23.4 Å². The molecule has 0 radical (unpaired) electrons. The second-order valence-corrected chi connectivity index (χ2v) is 6.96. The zero-order chi connectivity index (χ0) is 18.4. The predicted octanol–water partition coefficient (Wildman–Crippen LogP) is 4.49. The minimum Gasteiger partial charge on any atom is -0.495 e. The van der Waals surface area contributed by atoms with E-state index in [4.69, 9.17) is 25.8 Å². The summed E-state index contributed by atoms with van der Waals surface area (Å²) >= 11 is 7.41. The first kappa shape index (κ1) is 19.3. The summed E-state index contributed by atoms with van der Waals surface area (Å²) in [6.45, 7) is 1.83. The normalized spacial score (nSPS) is 11.6. The van der Waals surface area contributed by atoms with E-state index in [1.54, 1.807) is 39.5 Å². The molecular formula is C18H20ClNO4S. The zero-order valence-corrected chi connectivity index (χ0v) is 16.0. The number of hydrogen-bond donors (Lipinski definition) is 1. The Morgan fingerprint density at radius 3 is 2.28 bits per heavy atom. The summed E-state index contributed by atoms with van der Waals surface area (Å²) in [7, 11) is 4.70. The first-order chi connectivity index (χ1) is 12.0. The highest BCUT2D eigenvalue weighted by atomic mass is 35.5. The van der Waals surface area contributed by atoms with Gasteiger partial charge in [-0.2, -0.15) is 0 Å². The molecule has 5 nitrogen and oxygen atoms in total. The number of amides is 1. The minimum absolute atomic E-state index is 0.152. The molecule has 134 valence electrons. The Morgan fingerprint density at radius 1 is 1.00 bits per heavy atom. The Balaban J connectivity index is 2.09. The maximum absolute atomic E-state index is 12.5. The fourth-order valence-electron chi connectivity index (χ4n) is 2.16. The standard InChI is InChI=1S/C18H20ClNO4S/c1-11(25-13-6-8-16(23-3)17(10-13)24-4)18(21)20-14-9-12(19)5-7-15(14)22-2/h5-11H,1-4H3,(H,20,21)/t11-/m1/s1. The molecule has 25 heavy (non-hydrogen) atoms. The number of ether oxygens (including phenoxy) is 3. The Kier molecular flexibility index (Phi) is 6.84. The summed E-state index contributed by atoms with van der Waals surface area (Å²) in [6.07, 6.45) is 0. The number of halogens is 1. The van der Waals surface area contributed by atoms with Crippen LogP contribution in [0.2, 0.25) is 5.02 Å². The lowest BCUT2D eigenvalue weighted by Crippen LogP contribution is -2.22. The third kappa shape index (κ3) is 4.96. The molecule has 0 aliphatic rings. The van der Waals surface area contributed by atoms with Crippen molar-refractivity contribution in [1.29, 1.82) is 0 Å². The lowest BCUT2D eigenvalue weighted by Gasteiger charge is -2.15. The molecule has 0 saturated heterocycles. The lowest BCUT2D eigenvalue weighted by molar-refractivity contribution is -0.115. The van der Waals surface area contributed by atoms with E-state index in [1.807, 2.05) is 25.1 Å². The molecule has 2 rings (SSSR count). The van der Waals surface area contributed by atoms with Crippen molar-refractivity contribution in [3.8, 4) is 17.2 Å². The maximum Gasteiger partial charge on any atom is 0.237 e. The van der Waals surface area contributed by atoms with Crippen molar-refractivity contribution in [2.75, 3.05) is 26.6 Å². The summed E-state index contributed by atoms with van der Waals surface area (Å²) in [5, 5.41) is 3.04. The van der Waals surface area contributed by atoms with Crippen molar-refractivity contribution in [2.45, 2.75) is 17.1 Å². The number of carbonyl (C=O) groups excluding carboxylic acids is 1. The van der Waals surface area contributed by atoms with E-state index < -0.39 is 0 Å². The number of thioether (sulfide) groups is 1. The Morgan fingerprint density at radius 2 is 1.64 bits per heavy atom. The number of methoxy groups -OCH3 is 3. The first-order valence-corrected chi connectivity index (χ1v) is 8.77. The van der Waals surface area contributed by atoms with Crippen LogP contribution in [0.15, 0.2) is 41.3 Å². The Hall–Kier alpha value is -2.05. The number of carbonyl (C=O) groups is 1. The third-order valence-corrected chi connectivity index (χ3v) is 4.79. The molecule has 0 unspecified atom stereocenters. The molecule has 2 aromatic rings. The van der Waals surface area contributed by atoms with E-state index in [2.05, 4.69) is 5.32 Å². The van der Waals surface area contributed by atoms with E-state index in [1.165, 1.54) is 11.8 Å². The fraction of sp³-hybridized carbons (Fsp3) is 0.278. The van der Waals surface area contributed by atoms with Crippen LogP contribution in [0.25, 0.3) is 0 Å². The molecular weight excluding hydrogens is 362 g/mol. The van der Waals surface area contributed by atoms with Crippen LogP contribution in [-0.4, -0.2) is 32.5 Å². The second kappa shape index (κ2) is 8.87. The number of hydrogen-bond acceptors (Lipinski definition) is 5. The highest BCUT2D eigenvalue weighted by molar-refractivity contribution is 8.00. The molecule has 1 amide bonds. The van der Waals surface area contributed by atoms with Gasteiger partial charge in [0.1, 0.15) is 5.75 Å². The van der Waals surface area contributed by atoms with Gasteiger partial charge in [-0.25, -0.2) is 0 Å². The summed E-state index contributed by atoms with van der Waals surface area (Å²) in [5.41, 5.74) is 0.541. The van der Waals surface area contributed by atoms with Gasteiger partial charge in [0.25, 0.3) is 0 Å². The summed E-state index contributed by atoms with van der Waals surface area (Å²) in [5.74, 6) is 1.67. The Labute approximate surface area is 156 Å². The van der Waals surface area contributed by atoms with Gasteiger partial charge in [-0.1, -0.05) is 11.6 Å². The van der Waals surface area contributed by atoms with Gasteiger partial charge in [0.15, 0.2) is 11.5 Å². The average Bonchev–Trinajstić information content (AvgIpc) is 2.61. The number of anilines is 1. The Bertz CT molecular complexity index is 754. The van der Waals surface area contributed by atoms with Crippen molar-refractivity contribution in [3.63, 3.8) is 0 Å². The van der Waals surface area contributed by atoms with E-state index in [9.17, 15) is 4.79 Å². The van der Waals surface area contributed by atoms with Crippen LogP contribution < -0.4 is 19.5 Å². The largest absolute Gasteiger partial charge is 0.495 e. The number of nitrogens with one attached hydrogen (secondary N) is 1. The van der Waals surface area contributed by atoms with Crippen molar-refractivity contribution in [2.24, 2.45) is 0 Å². The van der Waals surface area contributed by atoms with E-state index in [0.29, 0.717) is 28.0 Å². The van der Waals surface area contributed by atoms with Crippen LogP contribution in [0.1, 0.15) is 6.92 Å². The summed E-state index contributed by atoms with van der Waals surface area (Å²) < 4.78 is 15.8. The van der Waals surface area contributed by atoms with E-state index in [0.717, 1.165) is 4.90 Å². The fourth-order valence-corrected chi connectivity index (χ4v) is 3.23. The quantitative estimate of drug-likeness (QED) is 0.716. The predicted molar refractivity (Wildman–Crippen MR) is 101 cm³/mol. The average molecular weight is 382 g/mol. The van der Waals surface area contributed by atoms with Gasteiger partial charge in [0.05, 0.1) is 32.3 Å². The van der Waals surface area contributed by atoms with Gasteiger partial charge in [0, 0.05) is 9.92 Å². The van der Waals surface area contributed by atoms with Crippen molar-refractivity contribution in [3.05, 3.63) is 41.4 Å². The van der Waals surface area contributed by atoms with Gasteiger partial charge in [-0.15, -0.1) is 11.8 Å². The van der Waals surface area contributed by atoms with Crippen molar-refractivity contribution < 1.29 is 19.0 Å².